The summed E-state index contributed by atoms with van der Waals surface area (Å²) in [5.74, 6) is 0. The Kier molecular flexibility index (Phi) is 11.9. The third-order valence-corrected chi connectivity index (χ3v) is 2.77. The molecule has 16 heavy (non-hydrogen) atoms. The Morgan fingerprint density at radius 1 is 1.00 bits per heavy atom. The van der Waals surface area contributed by atoms with Gasteiger partial charge in [-0.05, 0) is 12.5 Å². The van der Waals surface area contributed by atoms with Gasteiger partial charge in [-0.2, -0.15) is 0 Å². The minimum absolute atomic E-state index is 0.440. The number of hydrogen-bond acceptors (Lipinski definition) is 2. The molecule has 0 aromatic carbocycles. The number of hydrogen-bond donors (Lipinski definition) is 1. The van der Waals surface area contributed by atoms with E-state index in [9.17, 15) is 9.90 Å². The molecule has 0 bridgehead atoms. The van der Waals surface area contributed by atoms with Gasteiger partial charge in [0.2, 0.25) is 0 Å². The van der Waals surface area contributed by atoms with Gasteiger partial charge in [0.25, 0.3) is 0 Å². The zero-order valence-electron chi connectivity index (χ0n) is 10.5. The molecule has 0 aromatic heterocycles. The summed E-state index contributed by atoms with van der Waals surface area (Å²) in [5.41, 5.74) is 0. The van der Waals surface area contributed by atoms with Crippen molar-refractivity contribution in [2.24, 2.45) is 0 Å². The fourth-order valence-corrected chi connectivity index (χ4v) is 1.76. The Hall–Kier alpha value is -0.630. The molecule has 0 saturated carbocycles. The van der Waals surface area contributed by atoms with E-state index >= 15 is 0 Å². The van der Waals surface area contributed by atoms with Gasteiger partial charge in [0, 0.05) is 0 Å². The first-order valence-electron chi connectivity index (χ1n) is 6.61. The first kappa shape index (κ1) is 15.4. The molecule has 1 N–H and O–H groups in total. The summed E-state index contributed by atoms with van der Waals surface area (Å²) in [6.07, 6.45) is 14.2. The van der Waals surface area contributed by atoms with Gasteiger partial charge in [-0.3, -0.25) is 4.79 Å². The maximum Gasteiger partial charge on any atom is 0.142 e. The van der Waals surface area contributed by atoms with Crippen LogP contribution >= 0.6 is 0 Å². The van der Waals surface area contributed by atoms with E-state index in [2.05, 4.69) is 6.92 Å². The molecule has 2 nitrogen and oxygen atoms in total. The van der Waals surface area contributed by atoms with Gasteiger partial charge in [0.05, 0.1) is 6.10 Å². The van der Waals surface area contributed by atoms with Crippen molar-refractivity contribution in [3.63, 3.8) is 0 Å². The van der Waals surface area contributed by atoms with Crippen molar-refractivity contribution < 1.29 is 9.90 Å². The van der Waals surface area contributed by atoms with Crippen LogP contribution in [0.1, 0.15) is 64.7 Å². The quantitative estimate of drug-likeness (QED) is 0.332. The van der Waals surface area contributed by atoms with Crippen LogP contribution in [0.25, 0.3) is 0 Å². The van der Waals surface area contributed by atoms with Crippen LogP contribution in [0, 0.1) is 0 Å². The molecule has 0 amide bonds. The standard InChI is InChI=1S/C14H26O2/c1-2-3-4-5-6-7-8-9-11-14(16)12-10-13-15/h10,12-14,16H,2-9,11H2,1H3/b12-10+. The molecule has 1 unspecified atom stereocenters. The largest absolute Gasteiger partial charge is 0.389 e. The van der Waals surface area contributed by atoms with Crippen LogP contribution < -0.4 is 0 Å². The SMILES string of the molecule is CCCCCCCCCCC(O)/C=C/C=O. The third-order valence-electron chi connectivity index (χ3n) is 2.77. The fraction of sp³-hybridized carbons (Fsp3) is 0.786. The van der Waals surface area contributed by atoms with Gasteiger partial charge in [0.15, 0.2) is 0 Å². The lowest BCUT2D eigenvalue weighted by atomic mass is 10.1. The lowest BCUT2D eigenvalue weighted by Crippen LogP contribution is -2.01. The van der Waals surface area contributed by atoms with E-state index in [1.54, 1.807) is 6.08 Å². The maximum absolute atomic E-state index is 10.0. The Morgan fingerprint density at radius 2 is 1.56 bits per heavy atom. The molecule has 0 aliphatic heterocycles. The smallest absolute Gasteiger partial charge is 0.142 e. The van der Waals surface area contributed by atoms with Crippen molar-refractivity contribution in [3.8, 4) is 0 Å². The van der Waals surface area contributed by atoms with Crippen molar-refractivity contribution in [2.45, 2.75) is 70.8 Å². The molecule has 0 rings (SSSR count). The van der Waals surface area contributed by atoms with E-state index in [0.717, 1.165) is 12.8 Å². The predicted molar refractivity (Wildman–Crippen MR) is 68.4 cm³/mol. The summed E-state index contributed by atoms with van der Waals surface area (Å²) in [6, 6.07) is 0. The first-order chi connectivity index (χ1) is 7.81. The Bertz CT molecular complexity index is 176. The number of allylic oxidation sites excluding steroid dienone is 1. The number of carbonyl (C=O) groups is 1. The van der Waals surface area contributed by atoms with Crippen LogP contribution in [0.2, 0.25) is 0 Å². The molecule has 94 valence electrons. The van der Waals surface area contributed by atoms with E-state index in [0.29, 0.717) is 6.29 Å². The van der Waals surface area contributed by atoms with Crippen LogP contribution in [0.15, 0.2) is 12.2 Å². The van der Waals surface area contributed by atoms with E-state index in [1.807, 2.05) is 0 Å². The zero-order valence-corrected chi connectivity index (χ0v) is 10.5. The fourth-order valence-electron chi connectivity index (χ4n) is 1.76. The molecular formula is C14H26O2. The van der Waals surface area contributed by atoms with Crippen molar-refractivity contribution >= 4 is 6.29 Å². The highest BCUT2D eigenvalue weighted by atomic mass is 16.3. The highest BCUT2D eigenvalue weighted by Crippen LogP contribution is 2.10. The summed E-state index contributed by atoms with van der Waals surface area (Å²) >= 11 is 0. The van der Waals surface area contributed by atoms with Crippen molar-refractivity contribution in [1.29, 1.82) is 0 Å². The van der Waals surface area contributed by atoms with E-state index in [4.69, 9.17) is 0 Å². The molecule has 2 heteroatoms. The minimum Gasteiger partial charge on any atom is -0.389 e. The van der Waals surface area contributed by atoms with Crippen molar-refractivity contribution in [2.75, 3.05) is 0 Å². The van der Waals surface area contributed by atoms with Gasteiger partial charge in [-0.1, -0.05) is 64.4 Å². The second-order valence-electron chi connectivity index (χ2n) is 4.35. The monoisotopic (exact) mass is 226 g/mol. The topological polar surface area (TPSA) is 37.3 Å². The minimum atomic E-state index is -0.440. The molecule has 0 saturated heterocycles. The summed E-state index contributed by atoms with van der Waals surface area (Å²) in [4.78, 5) is 10.0. The van der Waals surface area contributed by atoms with Crippen LogP contribution in [-0.4, -0.2) is 17.5 Å². The second kappa shape index (κ2) is 12.4. The molecular weight excluding hydrogens is 200 g/mol. The van der Waals surface area contributed by atoms with Crippen LogP contribution in [0.3, 0.4) is 0 Å². The van der Waals surface area contributed by atoms with Gasteiger partial charge in [-0.25, -0.2) is 0 Å². The highest BCUT2D eigenvalue weighted by molar-refractivity contribution is 5.64. The Balaban J connectivity index is 3.14. The van der Waals surface area contributed by atoms with Crippen LogP contribution in [-0.2, 0) is 4.79 Å². The normalized spacial score (nSPS) is 13.1. The predicted octanol–water partition coefficient (Wildman–Crippen LogP) is 3.63. The number of aliphatic hydroxyl groups is 1. The van der Waals surface area contributed by atoms with Crippen molar-refractivity contribution in [1.82, 2.24) is 0 Å². The average molecular weight is 226 g/mol. The number of rotatable bonds is 11. The van der Waals surface area contributed by atoms with E-state index < -0.39 is 6.10 Å². The molecule has 0 spiro atoms. The van der Waals surface area contributed by atoms with Crippen molar-refractivity contribution in [3.05, 3.63) is 12.2 Å². The molecule has 1 atom stereocenters. The summed E-state index contributed by atoms with van der Waals surface area (Å²) < 4.78 is 0. The molecule has 0 aliphatic rings. The average Bonchev–Trinajstić information content (AvgIpc) is 2.30. The van der Waals surface area contributed by atoms with Gasteiger partial charge in [0.1, 0.15) is 6.29 Å². The number of unbranched alkanes of at least 4 members (excludes halogenated alkanes) is 7. The van der Waals surface area contributed by atoms with E-state index in [1.165, 1.54) is 51.0 Å². The molecule has 0 fully saturated rings. The second-order valence-corrected chi connectivity index (χ2v) is 4.35. The number of carbonyl (C=O) groups excluding carboxylic acids is 1. The Labute approximate surface area is 99.7 Å². The molecule has 0 aromatic rings. The van der Waals surface area contributed by atoms with Gasteiger partial charge < -0.3 is 5.11 Å². The summed E-state index contributed by atoms with van der Waals surface area (Å²) in [6.45, 7) is 2.23. The third kappa shape index (κ3) is 11.4. The Morgan fingerprint density at radius 3 is 2.12 bits per heavy atom. The van der Waals surface area contributed by atoms with Gasteiger partial charge in [-0.15, -0.1) is 0 Å². The lowest BCUT2D eigenvalue weighted by molar-refractivity contribution is -0.104. The first-order valence-corrected chi connectivity index (χ1v) is 6.61. The summed E-state index contributed by atoms with van der Waals surface area (Å²) in [7, 11) is 0. The molecule has 0 aliphatic carbocycles. The maximum atomic E-state index is 10.0. The number of aliphatic hydroxyl groups excluding tert-OH is 1. The highest BCUT2D eigenvalue weighted by Gasteiger charge is 1.98. The number of aldehydes is 1. The van der Waals surface area contributed by atoms with E-state index in [-0.39, 0.29) is 0 Å². The van der Waals surface area contributed by atoms with Crippen LogP contribution in [0.5, 0.6) is 0 Å². The molecule has 0 heterocycles. The lowest BCUT2D eigenvalue weighted by Gasteiger charge is -2.04. The molecule has 0 radical (unpaired) electrons. The van der Waals surface area contributed by atoms with Gasteiger partial charge >= 0.3 is 0 Å². The van der Waals surface area contributed by atoms with Crippen LogP contribution in [0.4, 0.5) is 0 Å². The zero-order chi connectivity index (χ0) is 12.1. The summed E-state index contributed by atoms with van der Waals surface area (Å²) in [5, 5.41) is 9.41.